The Labute approximate surface area is 114 Å². The second kappa shape index (κ2) is 12.8. The van der Waals surface area contributed by atoms with Gasteiger partial charge < -0.3 is 14.9 Å². The monoisotopic (exact) mass is 272 g/mol. The Morgan fingerprint density at radius 3 is 2.26 bits per heavy atom. The van der Waals surface area contributed by atoms with Crippen LogP contribution in [0.1, 0.15) is 40.0 Å². The average Bonchev–Trinajstić information content (AvgIpc) is 2.36. The number of carbonyl (C=O) groups is 2. The molecule has 0 aliphatic heterocycles. The number of esters is 1. The Kier molecular flexibility index (Phi) is 13.3. The van der Waals surface area contributed by atoms with E-state index >= 15 is 0 Å². The van der Waals surface area contributed by atoms with Crippen molar-refractivity contribution in [1.29, 1.82) is 0 Å². The molecule has 0 saturated carbocycles. The fraction of sp³-hybridized carbons (Fsp3) is 0.571. The molecule has 19 heavy (non-hydrogen) atoms. The molecule has 0 aromatic carbocycles. The fourth-order valence-electron chi connectivity index (χ4n) is 0.801. The second-order valence-corrected chi connectivity index (χ2v) is 3.97. The topological polar surface area (TPSA) is 83.8 Å². The van der Waals surface area contributed by atoms with E-state index in [-0.39, 0.29) is 18.1 Å². The van der Waals surface area contributed by atoms with Gasteiger partial charge in [-0.3, -0.25) is 0 Å². The maximum absolute atomic E-state index is 10.7. The predicted octanol–water partition coefficient (Wildman–Crippen LogP) is 2.31. The number of carbonyl (C=O) groups excluding carboxylic acids is 1. The van der Waals surface area contributed by atoms with E-state index in [1.54, 1.807) is 6.92 Å². The van der Waals surface area contributed by atoms with Crippen LogP contribution in [0, 0.1) is 0 Å². The van der Waals surface area contributed by atoms with Crippen molar-refractivity contribution in [1.82, 2.24) is 0 Å². The smallest absolute Gasteiger partial charge is 0.333 e. The molecule has 0 saturated heterocycles. The zero-order valence-corrected chi connectivity index (χ0v) is 11.9. The summed E-state index contributed by atoms with van der Waals surface area (Å²) in [7, 11) is 0. The predicted molar refractivity (Wildman–Crippen MR) is 73.8 cm³/mol. The molecule has 5 heteroatoms. The van der Waals surface area contributed by atoms with Crippen LogP contribution in [0.15, 0.2) is 23.8 Å². The normalized spacial score (nSPS) is 10.2. The first-order valence-electron chi connectivity index (χ1n) is 6.20. The van der Waals surface area contributed by atoms with Crippen LogP contribution in [0.5, 0.6) is 0 Å². The van der Waals surface area contributed by atoms with Gasteiger partial charge in [0.2, 0.25) is 0 Å². The van der Waals surface area contributed by atoms with Gasteiger partial charge in [0, 0.05) is 17.8 Å². The van der Waals surface area contributed by atoms with Gasteiger partial charge in [-0.05, 0) is 26.7 Å². The van der Waals surface area contributed by atoms with Gasteiger partial charge in [0.15, 0.2) is 0 Å². The highest BCUT2D eigenvalue weighted by molar-refractivity contribution is 5.86. The van der Waals surface area contributed by atoms with Crippen molar-refractivity contribution in [2.45, 2.75) is 40.0 Å². The summed E-state index contributed by atoms with van der Waals surface area (Å²) in [6, 6.07) is 0. The van der Waals surface area contributed by atoms with Gasteiger partial charge >= 0.3 is 11.9 Å². The summed E-state index contributed by atoms with van der Waals surface area (Å²) in [6.07, 6.45) is 3.88. The first-order chi connectivity index (χ1) is 8.86. The van der Waals surface area contributed by atoms with Gasteiger partial charge in [-0.2, -0.15) is 0 Å². The van der Waals surface area contributed by atoms with E-state index in [2.05, 4.69) is 13.5 Å². The third-order valence-electron chi connectivity index (χ3n) is 2.00. The molecule has 0 heterocycles. The van der Waals surface area contributed by atoms with Crippen molar-refractivity contribution in [3.8, 4) is 0 Å². The Morgan fingerprint density at radius 2 is 1.89 bits per heavy atom. The molecule has 2 N–H and O–H groups in total. The molecule has 0 aliphatic rings. The Bertz CT molecular complexity index is 318. The Balaban J connectivity index is 0. The molecule has 0 aliphatic carbocycles. The van der Waals surface area contributed by atoms with Crippen molar-refractivity contribution < 1.29 is 24.5 Å². The number of aliphatic hydroxyl groups is 1. The lowest BCUT2D eigenvalue weighted by Crippen LogP contribution is -2.05. The zero-order valence-electron chi connectivity index (χ0n) is 11.9. The van der Waals surface area contributed by atoms with Gasteiger partial charge in [-0.15, -0.1) is 0 Å². The molecule has 0 atom stereocenters. The zero-order chi connectivity index (χ0) is 15.3. The number of hydrogen-bond acceptors (Lipinski definition) is 4. The molecule has 0 aromatic rings. The molecule has 0 unspecified atom stereocenters. The number of aliphatic hydroxyl groups excluding tert-OH is 1. The molecular weight excluding hydrogens is 248 g/mol. The van der Waals surface area contributed by atoms with Gasteiger partial charge in [0.1, 0.15) is 0 Å². The molecule has 0 radical (unpaired) electrons. The minimum Gasteiger partial charge on any atom is -0.478 e. The van der Waals surface area contributed by atoms with Gasteiger partial charge in [0.25, 0.3) is 0 Å². The fourth-order valence-corrected chi connectivity index (χ4v) is 0.801. The maximum Gasteiger partial charge on any atom is 0.333 e. The molecular formula is C14H24O5. The lowest BCUT2D eigenvalue weighted by molar-refractivity contribution is -0.139. The number of unbranched alkanes of at least 4 members (excludes halogenated alkanes) is 1. The van der Waals surface area contributed by atoms with Gasteiger partial charge in [0.05, 0.1) is 6.61 Å². The van der Waals surface area contributed by atoms with E-state index in [1.165, 1.54) is 13.0 Å². The van der Waals surface area contributed by atoms with E-state index in [0.29, 0.717) is 18.6 Å². The highest BCUT2D eigenvalue weighted by atomic mass is 16.5. The number of ether oxygens (including phenoxy) is 1. The summed E-state index contributed by atoms with van der Waals surface area (Å²) in [5.74, 6) is -1.21. The molecule has 0 amide bonds. The number of carboxylic acid groups (broad SMARTS) is 1. The molecule has 5 nitrogen and oxygen atoms in total. The lowest BCUT2D eigenvalue weighted by Gasteiger charge is -2.01. The molecule has 0 aromatic heterocycles. The lowest BCUT2D eigenvalue weighted by atomic mass is 10.2. The van der Waals surface area contributed by atoms with Crippen molar-refractivity contribution >= 4 is 11.9 Å². The Morgan fingerprint density at radius 1 is 1.32 bits per heavy atom. The van der Waals surface area contributed by atoms with E-state index in [9.17, 15) is 9.59 Å². The highest BCUT2D eigenvalue weighted by Crippen LogP contribution is 1.94. The summed E-state index contributed by atoms with van der Waals surface area (Å²) >= 11 is 0. The van der Waals surface area contributed by atoms with Gasteiger partial charge in [-0.25, -0.2) is 9.59 Å². The third kappa shape index (κ3) is 14.3. The highest BCUT2D eigenvalue weighted by Gasteiger charge is 2.00. The van der Waals surface area contributed by atoms with Crippen molar-refractivity contribution in [2.75, 3.05) is 13.2 Å². The van der Waals surface area contributed by atoms with Crippen LogP contribution < -0.4 is 0 Å². The number of carboxylic acids is 1. The van der Waals surface area contributed by atoms with Crippen molar-refractivity contribution in [3.05, 3.63) is 23.8 Å². The first kappa shape index (κ1) is 19.7. The number of hydrogen-bond donors (Lipinski definition) is 2. The van der Waals surface area contributed by atoms with Crippen LogP contribution in [-0.4, -0.2) is 35.4 Å². The average molecular weight is 272 g/mol. The maximum atomic E-state index is 10.7. The van der Waals surface area contributed by atoms with Crippen LogP contribution in [0.3, 0.4) is 0 Å². The van der Waals surface area contributed by atoms with Crippen molar-refractivity contribution in [2.24, 2.45) is 0 Å². The van der Waals surface area contributed by atoms with Crippen LogP contribution in [0.2, 0.25) is 0 Å². The molecule has 0 spiro atoms. The largest absolute Gasteiger partial charge is 0.478 e. The molecule has 0 rings (SSSR count). The minimum atomic E-state index is -0.927. The van der Waals surface area contributed by atoms with Gasteiger partial charge in [-0.1, -0.05) is 26.0 Å². The van der Waals surface area contributed by atoms with Crippen LogP contribution >= 0.6 is 0 Å². The quantitative estimate of drug-likeness (QED) is 0.422. The minimum absolute atomic E-state index is 0.00458. The summed E-state index contributed by atoms with van der Waals surface area (Å²) in [5.41, 5.74) is 0.750. The van der Waals surface area contributed by atoms with E-state index < -0.39 is 5.97 Å². The number of aliphatic carboxylic acids is 1. The van der Waals surface area contributed by atoms with E-state index in [1.807, 2.05) is 0 Å². The summed E-state index contributed by atoms with van der Waals surface area (Å²) in [6.45, 7) is 9.18. The SMILES string of the molecule is C=C(C)C(=O)OCCCC.CC(=CCCO)C(=O)O. The van der Waals surface area contributed by atoms with Crippen LogP contribution in [0.4, 0.5) is 0 Å². The summed E-state index contributed by atoms with van der Waals surface area (Å²) in [5, 5.41) is 16.5. The molecule has 0 fully saturated rings. The van der Waals surface area contributed by atoms with Crippen molar-refractivity contribution in [3.63, 3.8) is 0 Å². The summed E-state index contributed by atoms with van der Waals surface area (Å²) < 4.78 is 4.81. The van der Waals surface area contributed by atoms with E-state index in [0.717, 1.165) is 12.8 Å². The van der Waals surface area contributed by atoms with Crippen LogP contribution in [-0.2, 0) is 14.3 Å². The van der Waals surface area contributed by atoms with E-state index in [4.69, 9.17) is 14.9 Å². The summed E-state index contributed by atoms with van der Waals surface area (Å²) in [4.78, 5) is 20.8. The Hall–Kier alpha value is -1.62. The first-order valence-corrected chi connectivity index (χ1v) is 6.20. The third-order valence-corrected chi connectivity index (χ3v) is 2.00. The standard InChI is InChI=1S/C8H14O2.C6H10O3/c1-4-5-6-10-8(9)7(2)3;1-5(6(8)9)3-2-4-7/h2,4-6H2,1,3H3;3,7H,2,4H2,1H3,(H,8,9). The second-order valence-electron chi connectivity index (χ2n) is 3.97. The molecule has 0 bridgehead atoms. The number of rotatable bonds is 7. The molecule has 110 valence electrons. The van der Waals surface area contributed by atoms with Crippen LogP contribution in [0.25, 0.3) is 0 Å².